The van der Waals surface area contributed by atoms with Gasteiger partial charge in [-0.3, -0.25) is 14.5 Å². The van der Waals surface area contributed by atoms with Crippen LogP contribution < -0.4 is 11.1 Å². The third-order valence-corrected chi connectivity index (χ3v) is 7.40. The average molecular weight is 483 g/mol. The van der Waals surface area contributed by atoms with E-state index in [-0.39, 0.29) is 16.5 Å². The van der Waals surface area contributed by atoms with Crippen molar-refractivity contribution in [3.8, 4) is 0 Å². The lowest BCUT2D eigenvalue weighted by Crippen LogP contribution is -2.71. The molecule has 16 heteroatoms. The van der Waals surface area contributed by atoms with Crippen LogP contribution in [0.4, 0.5) is 5.13 Å². The van der Waals surface area contributed by atoms with E-state index in [1.807, 2.05) is 0 Å². The zero-order valence-corrected chi connectivity index (χ0v) is 17.8. The highest BCUT2D eigenvalue weighted by Gasteiger charge is 2.54. The van der Waals surface area contributed by atoms with Crippen LogP contribution in [0, 0.1) is 0 Å². The molecule has 2 aromatic heterocycles. The van der Waals surface area contributed by atoms with Crippen LogP contribution >= 0.6 is 34.9 Å². The van der Waals surface area contributed by atoms with Gasteiger partial charge in [0, 0.05) is 16.9 Å². The van der Waals surface area contributed by atoms with Crippen LogP contribution in [-0.4, -0.2) is 82.0 Å². The van der Waals surface area contributed by atoms with E-state index in [0.29, 0.717) is 22.1 Å². The topological polar surface area (TPSA) is 200 Å². The quantitative estimate of drug-likeness (QED) is 0.113. The molecule has 1 saturated heterocycles. The Hall–Kier alpha value is -3.11. The first kappa shape index (κ1) is 21.1. The van der Waals surface area contributed by atoms with Gasteiger partial charge < -0.3 is 21.4 Å². The van der Waals surface area contributed by atoms with Crippen molar-refractivity contribution >= 4 is 63.5 Å². The molecular weight excluding hydrogens is 468 g/mol. The predicted octanol–water partition coefficient (Wildman–Crippen LogP) is -0.447. The maximum atomic E-state index is 12.7. The maximum absolute atomic E-state index is 12.7. The Kier molecular flexibility index (Phi) is 5.84. The van der Waals surface area contributed by atoms with Crippen LogP contribution in [0.1, 0.15) is 5.69 Å². The third kappa shape index (κ3) is 3.96. The third-order valence-electron chi connectivity index (χ3n) is 4.40. The number of amides is 2. The van der Waals surface area contributed by atoms with Gasteiger partial charge >= 0.3 is 5.97 Å². The number of H-pyrrole nitrogens is 1. The number of nitrogens with zero attached hydrogens (tertiary/aromatic N) is 5. The summed E-state index contributed by atoms with van der Waals surface area (Å²) in [6.45, 7) is 0. The molecule has 6 N–H and O–H groups in total. The molecule has 2 unspecified atom stereocenters. The molecule has 2 aliphatic rings. The number of oxime groups is 1. The van der Waals surface area contributed by atoms with Crippen LogP contribution in [0.5, 0.6) is 0 Å². The van der Waals surface area contributed by atoms with E-state index in [4.69, 9.17) is 5.73 Å². The second-order valence-corrected chi connectivity index (χ2v) is 9.23. The molecule has 2 aliphatic heterocycles. The van der Waals surface area contributed by atoms with E-state index in [0.717, 1.165) is 16.2 Å². The van der Waals surface area contributed by atoms with Gasteiger partial charge in [0.1, 0.15) is 27.8 Å². The van der Waals surface area contributed by atoms with E-state index < -0.39 is 34.9 Å². The number of aromatic amines is 1. The maximum Gasteiger partial charge on any atom is 0.352 e. The highest BCUT2D eigenvalue weighted by molar-refractivity contribution is 8.01. The number of aliphatic carboxylic acids is 1. The molecule has 0 spiro atoms. The van der Waals surface area contributed by atoms with Gasteiger partial charge in [-0.1, -0.05) is 16.9 Å². The first-order chi connectivity index (χ1) is 14.9. The Morgan fingerprint density at radius 3 is 2.90 bits per heavy atom. The van der Waals surface area contributed by atoms with Gasteiger partial charge in [-0.05, 0) is 5.57 Å². The molecule has 2 amide bonds. The summed E-state index contributed by atoms with van der Waals surface area (Å²) >= 11 is 3.68. The van der Waals surface area contributed by atoms with Crippen molar-refractivity contribution in [1.82, 2.24) is 30.6 Å². The Bertz CT molecular complexity index is 1100. The molecule has 0 aliphatic carbocycles. The molecule has 0 saturated carbocycles. The first-order valence-corrected chi connectivity index (χ1v) is 11.4. The van der Waals surface area contributed by atoms with Crippen LogP contribution in [0.25, 0.3) is 0 Å². The van der Waals surface area contributed by atoms with Crippen molar-refractivity contribution in [3.63, 3.8) is 0 Å². The Balaban J connectivity index is 1.48. The fourth-order valence-corrected chi connectivity index (χ4v) is 5.85. The monoisotopic (exact) mass is 482 g/mol. The lowest BCUT2D eigenvalue weighted by atomic mass is 10.0. The van der Waals surface area contributed by atoms with E-state index in [1.54, 1.807) is 0 Å². The fraction of sp³-hybridized carbons (Fsp3) is 0.267. The number of carbonyl (C=O) groups excluding carboxylic acids is 2. The van der Waals surface area contributed by atoms with Gasteiger partial charge in [-0.25, -0.2) is 9.78 Å². The summed E-state index contributed by atoms with van der Waals surface area (Å²) in [5.74, 6) is -1.94. The number of thiazole rings is 1. The number of nitrogen functional groups attached to an aromatic ring is 1. The van der Waals surface area contributed by atoms with Crippen LogP contribution in [0.2, 0.25) is 0 Å². The Morgan fingerprint density at radius 1 is 1.48 bits per heavy atom. The highest BCUT2D eigenvalue weighted by Crippen LogP contribution is 2.41. The van der Waals surface area contributed by atoms with Crippen LogP contribution in [0.3, 0.4) is 0 Å². The number of nitrogens with one attached hydrogen (secondary N) is 2. The molecule has 162 valence electrons. The molecule has 1 fully saturated rings. The van der Waals surface area contributed by atoms with Gasteiger partial charge in [0.25, 0.3) is 11.8 Å². The van der Waals surface area contributed by atoms with E-state index in [2.05, 4.69) is 30.9 Å². The summed E-state index contributed by atoms with van der Waals surface area (Å²) in [6, 6.07) is -0.968. The number of thioether (sulfide) groups is 2. The highest BCUT2D eigenvalue weighted by atomic mass is 32.2. The minimum atomic E-state index is -1.23. The SMILES string of the molecule is Nc1nc(/C(=N\O)C(=O)NC2C(=O)N3C(C(=O)O)=C(CSc4cn[nH]n4)CSC23)cs1. The van der Waals surface area contributed by atoms with E-state index in [1.165, 1.54) is 35.1 Å². The van der Waals surface area contributed by atoms with Crippen molar-refractivity contribution < 1.29 is 24.7 Å². The predicted molar refractivity (Wildman–Crippen MR) is 112 cm³/mol. The summed E-state index contributed by atoms with van der Waals surface area (Å²) in [5, 5.41) is 36.0. The van der Waals surface area contributed by atoms with Gasteiger partial charge in [0.15, 0.2) is 10.8 Å². The summed E-state index contributed by atoms with van der Waals surface area (Å²) in [7, 11) is 0. The number of hydrogen-bond acceptors (Lipinski definition) is 12. The lowest BCUT2D eigenvalue weighted by Gasteiger charge is -2.49. The minimum absolute atomic E-state index is 0.0701. The number of anilines is 1. The second kappa shape index (κ2) is 8.56. The lowest BCUT2D eigenvalue weighted by molar-refractivity contribution is -0.150. The number of hydrogen-bond donors (Lipinski definition) is 5. The number of aromatic nitrogens is 4. The van der Waals surface area contributed by atoms with Crippen molar-refractivity contribution in [2.24, 2.45) is 5.16 Å². The molecule has 13 nitrogen and oxygen atoms in total. The number of nitrogens with two attached hydrogens (primary N) is 1. The Labute approximate surface area is 186 Å². The summed E-state index contributed by atoms with van der Waals surface area (Å²) in [5.41, 5.74) is 5.68. The Morgan fingerprint density at radius 2 is 2.29 bits per heavy atom. The zero-order valence-electron chi connectivity index (χ0n) is 15.4. The summed E-state index contributed by atoms with van der Waals surface area (Å²) < 4.78 is 0. The van der Waals surface area contributed by atoms with Gasteiger partial charge in [0.2, 0.25) is 0 Å². The second-order valence-electron chi connectivity index (χ2n) is 6.23. The number of rotatable bonds is 7. The standard InChI is InChI=1S/C15H14N8O5S3/c16-15-18-6(4-31-15)8(21-28)11(24)19-9-12(25)23-10(14(26)27)5(3-30-13(9)23)2-29-7-1-17-22-20-7/h1,4,9,13,28H,2-3H2,(H2,16,18)(H,19,24)(H,26,27)(H,17,20,22)/b21-8+. The van der Waals surface area contributed by atoms with Gasteiger partial charge in [-0.2, -0.15) is 10.3 Å². The molecule has 2 atom stereocenters. The van der Waals surface area contributed by atoms with Crippen molar-refractivity contribution in [1.29, 1.82) is 0 Å². The van der Waals surface area contributed by atoms with E-state index >= 15 is 0 Å². The first-order valence-electron chi connectivity index (χ1n) is 8.53. The van der Waals surface area contributed by atoms with Crippen LogP contribution in [-0.2, 0) is 14.4 Å². The fourth-order valence-electron chi connectivity index (χ4n) is 3.03. The number of carbonyl (C=O) groups is 3. The molecule has 2 aromatic rings. The summed E-state index contributed by atoms with van der Waals surface area (Å²) in [6.07, 6.45) is 1.51. The smallest absolute Gasteiger partial charge is 0.352 e. The normalized spacial score (nSPS) is 21.0. The van der Waals surface area contributed by atoms with Crippen molar-refractivity contribution in [3.05, 3.63) is 28.5 Å². The largest absolute Gasteiger partial charge is 0.477 e. The zero-order chi connectivity index (χ0) is 22.1. The molecular formula is C15H14N8O5S3. The molecule has 0 bridgehead atoms. The van der Waals surface area contributed by atoms with Gasteiger partial charge in [-0.15, -0.1) is 28.2 Å². The summed E-state index contributed by atoms with van der Waals surface area (Å²) in [4.78, 5) is 42.1. The number of β-lactam (4-membered cyclic amide) rings is 1. The van der Waals surface area contributed by atoms with Crippen molar-refractivity contribution in [2.45, 2.75) is 16.4 Å². The van der Waals surface area contributed by atoms with Crippen molar-refractivity contribution in [2.75, 3.05) is 17.2 Å². The molecule has 0 radical (unpaired) electrons. The van der Waals surface area contributed by atoms with E-state index in [9.17, 15) is 24.7 Å². The molecule has 31 heavy (non-hydrogen) atoms. The van der Waals surface area contributed by atoms with Crippen LogP contribution in [0.15, 0.2) is 33.0 Å². The molecule has 4 rings (SSSR count). The van der Waals surface area contributed by atoms with Gasteiger partial charge in [0.05, 0.1) is 6.20 Å². The minimum Gasteiger partial charge on any atom is -0.477 e. The number of carboxylic acid groups (broad SMARTS) is 1. The average Bonchev–Trinajstić information content (AvgIpc) is 3.42. The number of fused-ring (bicyclic) bond motifs is 1. The molecule has 0 aromatic carbocycles. The number of carboxylic acids is 1. The molecule has 4 heterocycles.